The van der Waals surface area contributed by atoms with Gasteiger partial charge >= 0.3 is 6.03 Å². The SMILES string of the molecule is COc1ccc2cc(CNC(=O)N(C)[C@@H](C)c3ccc(F)cc3)ccc2c1. The van der Waals surface area contributed by atoms with Gasteiger partial charge in [-0.2, -0.15) is 0 Å². The molecule has 0 spiro atoms. The lowest BCUT2D eigenvalue weighted by atomic mass is 10.1. The van der Waals surface area contributed by atoms with Crippen molar-refractivity contribution in [3.63, 3.8) is 0 Å². The Morgan fingerprint density at radius 1 is 1.07 bits per heavy atom. The average molecular weight is 366 g/mol. The highest BCUT2D eigenvalue weighted by molar-refractivity contribution is 5.84. The summed E-state index contributed by atoms with van der Waals surface area (Å²) in [5, 5.41) is 5.12. The van der Waals surface area contributed by atoms with Gasteiger partial charge < -0.3 is 15.0 Å². The van der Waals surface area contributed by atoms with Gasteiger partial charge in [0.2, 0.25) is 0 Å². The van der Waals surface area contributed by atoms with Crippen LogP contribution in [0.2, 0.25) is 0 Å². The molecule has 27 heavy (non-hydrogen) atoms. The minimum Gasteiger partial charge on any atom is -0.497 e. The topological polar surface area (TPSA) is 41.6 Å². The first-order valence-corrected chi connectivity index (χ1v) is 8.81. The molecule has 0 aromatic heterocycles. The fourth-order valence-corrected chi connectivity index (χ4v) is 2.95. The number of benzene rings is 3. The van der Waals surface area contributed by atoms with E-state index in [1.807, 2.05) is 37.3 Å². The number of urea groups is 1. The third kappa shape index (κ3) is 4.37. The zero-order valence-electron chi connectivity index (χ0n) is 15.7. The molecule has 3 aromatic carbocycles. The summed E-state index contributed by atoms with van der Waals surface area (Å²) in [6, 6.07) is 17.8. The lowest BCUT2D eigenvalue weighted by Gasteiger charge is -2.25. The van der Waals surface area contributed by atoms with Crippen molar-refractivity contribution < 1.29 is 13.9 Å². The zero-order chi connectivity index (χ0) is 19.4. The van der Waals surface area contributed by atoms with Gasteiger partial charge in [-0.25, -0.2) is 9.18 Å². The number of fused-ring (bicyclic) bond motifs is 1. The van der Waals surface area contributed by atoms with Gasteiger partial charge in [-0.05, 0) is 59.2 Å². The summed E-state index contributed by atoms with van der Waals surface area (Å²) in [5.74, 6) is 0.534. The highest BCUT2D eigenvalue weighted by Crippen LogP contribution is 2.22. The minimum absolute atomic E-state index is 0.158. The van der Waals surface area contributed by atoms with Gasteiger partial charge in [-0.3, -0.25) is 0 Å². The summed E-state index contributed by atoms with van der Waals surface area (Å²) >= 11 is 0. The summed E-state index contributed by atoms with van der Waals surface area (Å²) < 4.78 is 18.3. The normalized spacial score (nSPS) is 11.9. The number of methoxy groups -OCH3 is 1. The molecular weight excluding hydrogens is 343 g/mol. The molecule has 4 nitrogen and oxygen atoms in total. The van der Waals surface area contributed by atoms with E-state index in [2.05, 4.69) is 11.4 Å². The number of carbonyl (C=O) groups excluding carboxylic acids is 1. The number of halogens is 1. The van der Waals surface area contributed by atoms with Crippen molar-refractivity contribution in [3.05, 3.63) is 77.6 Å². The first-order valence-electron chi connectivity index (χ1n) is 8.81. The van der Waals surface area contributed by atoms with Gasteiger partial charge in [0.05, 0.1) is 13.2 Å². The highest BCUT2D eigenvalue weighted by Gasteiger charge is 2.17. The van der Waals surface area contributed by atoms with E-state index >= 15 is 0 Å². The van der Waals surface area contributed by atoms with Crippen LogP contribution in [0.25, 0.3) is 10.8 Å². The smallest absolute Gasteiger partial charge is 0.317 e. The van der Waals surface area contributed by atoms with Crippen molar-refractivity contribution >= 4 is 16.8 Å². The predicted molar refractivity (Wildman–Crippen MR) is 105 cm³/mol. The van der Waals surface area contributed by atoms with Crippen LogP contribution in [0.15, 0.2) is 60.7 Å². The highest BCUT2D eigenvalue weighted by atomic mass is 19.1. The molecule has 0 heterocycles. The Hall–Kier alpha value is -3.08. The number of hydrogen-bond acceptors (Lipinski definition) is 2. The van der Waals surface area contributed by atoms with Gasteiger partial charge in [-0.15, -0.1) is 0 Å². The Kier molecular flexibility index (Phi) is 5.60. The molecule has 0 radical (unpaired) electrons. The van der Waals surface area contributed by atoms with Crippen LogP contribution >= 0.6 is 0 Å². The molecule has 0 aliphatic rings. The number of hydrogen-bond donors (Lipinski definition) is 1. The molecule has 2 amide bonds. The van der Waals surface area contributed by atoms with Crippen LogP contribution in [0.1, 0.15) is 24.1 Å². The number of ether oxygens (including phenoxy) is 1. The van der Waals surface area contributed by atoms with Crippen molar-refractivity contribution in [2.24, 2.45) is 0 Å². The van der Waals surface area contributed by atoms with Gasteiger partial charge in [0, 0.05) is 13.6 Å². The van der Waals surface area contributed by atoms with Crippen molar-refractivity contribution in [1.29, 1.82) is 0 Å². The molecule has 1 N–H and O–H groups in total. The van der Waals surface area contributed by atoms with Crippen LogP contribution in [0.4, 0.5) is 9.18 Å². The molecule has 0 unspecified atom stereocenters. The fraction of sp³-hybridized carbons (Fsp3) is 0.227. The molecule has 3 aromatic rings. The second-order valence-corrected chi connectivity index (χ2v) is 6.54. The third-order valence-corrected chi connectivity index (χ3v) is 4.81. The fourth-order valence-electron chi connectivity index (χ4n) is 2.95. The van der Waals surface area contributed by atoms with E-state index in [1.54, 1.807) is 31.2 Å². The monoisotopic (exact) mass is 366 g/mol. The van der Waals surface area contributed by atoms with Crippen LogP contribution in [0.3, 0.4) is 0 Å². The molecule has 1 atom stereocenters. The molecule has 0 saturated heterocycles. The molecule has 0 saturated carbocycles. The Balaban J connectivity index is 1.64. The van der Waals surface area contributed by atoms with Crippen LogP contribution in [0.5, 0.6) is 5.75 Å². The van der Waals surface area contributed by atoms with E-state index in [9.17, 15) is 9.18 Å². The first kappa shape index (κ1) is 18.7. The molecule has 0 aliphatic heterocycles. The number of amides is 2. The molecule has 0 fully saturated rings. The van der Waals surface area contributed by atoms with E-state index in [4.69, 9.17) is 4.74 Å². The molecular formula is C22H23FN2O2. The summed E-state index contributed by atoms with van der Waals surface area (Å²) in [7, 11) is 3.38. The van der Waals surface area contributed by atoms with E-state index < -0.39 is 0 Å². The van der Waals surface area contributed by atoms with Gasteiger partial charge in [0.25, 0.3) is 0 Å². The van der Waals surface area contributed by atoms with Crippen molar-refractivity contribution in [2.75, 3.05) is 14.2 Å². The molecule has 0 bridgehead atoms. The second-order valence-electron chi connectivity index (χ2n) is 6.54. The zero-order valence-corrected chi connectivity index (χ0v) is 15.7. The number of nitrogens with one attached hydrogen (secondary N) is 1. The maximum atomic E-state index is 13.1. The molecule has 140 valence electrons. The molecule has 5 heteroatoms. The Bertz CT molecular complexity index is 941. The second kappa shape index (κ2) is 8.08. The quantitative estimate of drug-likeness (QED) is 0.698. The Morgan fingerprint density at radius 3 is 2.44 bits per heavy atom. The van der Waals surface area contributed by atoms with Crippen molar-refractivity contribution in [2.45, 2.75) is 19.5 Å². The van der Waals surface area contributed by atoms with Gasteiger partial charge in [0.1, 0.15) is 11.6 Å². The number of nitrogens with zero attached hydrogens (tertiary/aromatic N) is 1. The van der Waals surface area contributed by atoms with E-state index in [0.29, 0.717) is 6.54 Å². The lowest BCUT2D eigenvalue weighted by molar-refractivity contribution is 0.194. The van der Waals surface area contributed by atoms with Gasteiger partial charge in [-0.1, -0.05) is 30.3 Å². The summed E-state index contributed by atoms with van der Waals surface area (Å²) in [5.41, 5.74) is 1.90. The average Bonchev–Trinajstić information content (AvgIpc) is 2.70. The van der Waals surface area contributed by atoms with Crippen LogP contribution in [-0.2, 0) is 6.54 Å². The van der Waals surface area contributed by atoms with E-state index in [0.717, 1.165) is 27.6 Å². The summed E-state index contributed by atoms with van der Waals surface area (Å²) in [6.45, 7) is 2.34. The van der Waals surface area contributed by atoms with Crippen molar-refractivity contribution in [3.8, 4) is 5.75 Å². The summed E-state index contributed by atoms with van der Waals surface area (Å²) in [4.78, 5) is 14.1. The van der Waals surface area contributed by atoms with Crippen molar-refractivity contribution in [1.82, 2.24) is 10.2 Å². The van der Waals surface area contributed by atoms with Gasteiger partial charge in [0.15, 0.2) is 0 Å². The van der Waals surface area contributed by atoms with Crippen LogP contribution in [-0.4, -0.2) is 25.1 Å². The lowest BCUT2D eigenvalue weighted by Crippen LogP contribution is -2.38. The largest absolute Gasteiger partial charge is 0.497 e. The van der Waals surface area contributed by atoms with Crippen LogP contribution < -0.4 is 10.1 Å². The number of carbonyl (C=O) groups is 1. The standard InChI is InChI=1S/C22H23FN2O2/c1-15(17-6-9-20(23)10-7-17)25(2)22(26)24-14-16-4-5-19-13-21(27-3)11-8-18(19)12-16/h4-13,15H,14H2,1-3H3,(H,24,26)/t15-/m0/s1. The van der Waals surface area contributed by atoms with E-state index in [1.165, 1.54) is 12.1 Å². The van der Waals surface area contributed by atoms with Crippen LogP contribution in [0, 0.1) is 5.82 Å². The molecule has 3 rings (SSSR count). The minimum atomic E-state index is -0.285. The predicted octanol–water partition coefficient (Wildman–Crippen LogP) is 4.89. The first-order chi connectivity index (χ1) is 13.0. The Labute approximate surface area is 158 Å². The number of rotatable bonds is 5. The van der Waals surface area contributed by atoms with E-state index in [-0.39, 0.29) is 17.9 Å². The maximum Gasteiger partial charge on any atom is 0.317 e. The summed E-state index contributed by atoms with van der Waals surface area (Å²) in [6.07, 6.45) is 0. The Morgan fingerprint density at radius 2 is 1.74 bits per heavy atom. The maximum absolute atomic E-state index is 13.1. The molecule has 0 aliphatic carbocycles. The third-order valence-electron chi connectivity index (χ3n) is 4.81.